The molecule has 4 rings (SSSR count). The molecule has 2 aromatic rings. The molecule has 7 heteroatoms. The number of aryl methyl sites for hydroxylation is 1. The Hall–Kier alpha value is -2.12. The number of amides is 1. The first-order valence-corrected chi connectivity index (χ1v) is 11.2. The van der Waals surface area contributed by atoms with E-state index in [0.717, 1.165) is 54.6 Å². The highest BCUT2D eigenvalue weighted by atomic mass is 32.2. The van der Waals surface area contributed by atoms with Crippen LogP contribution in [-0.4, -0.2) is 48.2 Å². The fourth-order valence-corrected chi connectivity index (χ4v) is 4.75. The first-order chi connectivity index (χ1) is 14.2. The molecule has 2 saturated heterocycles. The van der Waals surface area contributed by atoms with Crippen LogP contribution >= 0.6 is 11.8 Å². The monoisotopic (exact) mass is 412 g/mol. The Balaban J connectivity index is 1.41. The third-order valence-electron chi connectivity index (χ3n) is 5.50. The van der Waals surface area contributed by atoms with Gasteiger partial charge < -0.3 is 15.0 Å². The summed E-state index contributed by atoms with van der Waals surface area (Å²) in [6.45, 7) is 5.09. The van der Waals surface area contributed by atoms with E-state index in [1.165, 1.54) is 5.56 Å². The number of anilines is 1. The molecule has 0 radical (unpaired) electrons. The van der Waals surface area contributed by atoms with Gasteiger partial charge in [-0.25, -0.2) is 9.97 Å². The molecule has 0 saturated carbocycles. The summed E-state index contributed by atoms with van der Waals surface area (Å²) in [5.74, 6) is 0.973. The number of benzene rings is 1. The van der Waals surface area contributed by atoms with Crippen molar-refractivity contribution in [3.05, 3.63) is 42.2 Å². The van der Waals surface area contributed by atoms with Crippen LogP contribution in [0.25, 0.3) is 0 Å². The molecule has 3 heterocycles. The van der Waals surface area contributed by atoms with Crippen LogP contribution < -0.4 is 10.2 Å². The van der Waals surface area contributed by atoms with Gasteiger partial charge in [-0.15, -0.1) is 0 Å². The Labute approximate surface area is 176 Å². The van der Waals surface area contributed by atoms with E-state index in [2.05, 4.69) is 51.4 Å². The molecule has 1 aromatic carbocycles. The number of carbonyl (C=O) groups is 1. The maximum Gasteiger partial charge on any atom is 0.224 e. The fraction of sp³-hybridized carbons (Fsp3) is 0.500. The van der Waals surface area contributed by atoms with Crippen LogP contribution in [0.3, 0.4) is 0 Å². The lowest BCUT2D eigenvalue weighted by molar-refractivity contribution is -0.125. The predicted molar refractivity (Wildman–Crippen MR) is 114 cm³/mol. The van der Waals surface area contributed by atoms with Crippen LogP contribution in [0.5, 0.6) is 0 Å². The third kappa shape index (κ3) is 5.28. The van der Waals surface area contributed by atoms with Crippen molar-refractivity contribution in [2.45, 2.75) is 48.6 Å². The minimum absolute atomic E-state index is 0.0237. The Bertz CT molecular complexity index is 824. The second-order valence-corrected chi connectivity index (χ2v) is 8.83. The van der Waals surface area contributed by atoms with Crippen LogP contribution in [-0.2, 0) is 9.53 Å². The smallest absolute Gasteiger partial charge is 0.224 e. The Kier molecular flexibility index (Phi) is 6.67. The highest BCUT2D eigenvalue weighted by Gasteiger charge is 2.28. The average Bonchev–Trinajstić information content (AvgIpc) is 3.28. The Morgan fingerprint density at radius 3 is 2.83 bits per heavy atom. The summed E-state index contributed by atoms with van der Waals surface area (Å²) in [6, 6.07) is 8.42. The van der Waals surface area contributed by atoms with E-state index in [-0.39, 0.29) is 17.9 Å². The molecule has 2 aliphatic heterocycles. The van der Waals surface area contributed by atoms with Crippen molar-refractivity contribution in [2.75, 3.05) is 31.1 Å². The number of hydrogen-bond donors (Lipinski definition) is 1. The van der Waals surface area contributed by atoms with E-state index in [9.17, 15) is 4.79 Å². The number of piperidine rings is 1. The second-order valence-electron chi connectivity index (χ2n) is 7.77. The van der Waals surface area contributed by atoms with Crippen molar-refractivity contribution >= 4 is 23.5 Å². The molecular weight excluding hydrogens is 384 g/mol. The standard InChI is InChI=1S/C22H28N4O2S/c1-16-6-8-19(9-7-16)29-22-20(23-10-11-24-22)26-12-2-4-17(15-26)21(27)25-14-18-5-3-13-28-18/h6-11,17-18H,2-5,12-15H2,1H3,(H,25,27)/t17-,18+/m0/s1. The summed E-state index contributed by atoms with van der Waals surface area (Å²) < 4.78 is 5.61. The molecule has 1 N–H and O–H groups in total. The maximum atomic E-state index is 12.7. The van der Waals surface area contributed by atoms with Gasteiger partial charge in [-0.1, -0.05) is 29.5 Å². The van der Waals surface area contributed by atoms with Gasteiger partial charge in [0.2, 0.25) is 5.91 Å². The minimum atomic E-state index is -0.0237. The topological polar surface area (TPSA) is 67.4 Å². The van der Waals surface area contributed by atoms with Crippen LogP contribution in [0.15, 0.2) is 46.6 Å². The van der Waals surface area contributed by atoms with E-state index in [0.29, 0.717) is 13.1 Å². The van der Waals surface area contributed by atoms with Crippen LogP contribution in [0.1, 0.15) is 31.2 Å². The summed E-state index contributed by atoms with van der Waals surface area (Å²) in [5, 5.41) is 3.98. The zero-order valence-corrected chi connectivity index (χ0v) is 17.7. The van der Waals surface area contributed by atoms with Crippen molar-refractivity contribution < 1.29 is 9.53 Å². The van der Waals surface area contributed by atoms with Crippen molar-refractivity contribution in [3.8, 4) is 0 Å². The highest BCUT2D eigenvalue weighted by Crippen LogP contribution is 2.34. The number of hydrogen-bond acceptors (Lipinski definition) is 6. The van der Waals surface area contributed by atoms with E-state index in [4.69, 9.17) is 4.74 Å². The zero-order valence-electron chi connectivity index (χ0n) is 16.8. The molecule has 154 valence electrons. The molecule has 2 aliphatic rings. The number of carbonyl (C=O) groups excluding carboxylic acids is 1. The Morgan fingerprint density at radius 2 is 2.03 bits per heavy atom. The maximum absolute atomic E-state index is 12.7. The minimum Gasteiger partial charge on any atom is -0.376 e. The second kappa shape index (κ2) is 9.59. The molecule has 0 aliphatic carbocycles. The van der Waals surface area contributed by atoms with Gasteiger partial charge >= 0.3 is 0 Å². The van der Waals surface area contributed by atoms with Gasteiger partial charge in [0.05, 0.1) is 12.0 Å². The van der Waals surface area contributed by atoms with Gasteiger partial charge in [0.1, 0.15) is 5.03 Å². The summed E-state index contributed by atoms with van der Waals surface area (Å²) in [6.07, 6.45) is 7.65. The van der Waals surface area contributed by atoms with Crippen molar-refractivity contribution in [3.63, 3.8) is 0 Å². The van der Waals surface area contributed by atoms with Gasteiger partial charge in [0.25, 0.3) is 0 Å². The van der Waals surface area contributed by atoms with E-state index >= 15 is 0 Å². The molecule has 2 fully saturated rings. The molecule has 0 unspecified atom stereocenters. The van der Waals surface area contributed by atoms with Gasteiger partial charge in [0, 0.05) is 43.5 Å². The summed E-state index contributed by atoms with van der Waals surface area (Å²) in [4.78, 5) is 25.2. The number of nitrogens with one attached hydrogen (secondary N) is 1. The lowest BCUT2D eigenvalue weighted by atomic mass is 9.97. The number of nitrogens with zero attached hydrogens (tertiary/aromatic N) is 3. The summed E-state index contributed by atoms with van der Waals surface area (Å²) >= 11 is 1.62. The van der Waals surface area contributed by atoms with Gasteiger partial charge in [-0.3, -0.25) is 4.79 Å². The lowest BCUT2D eigenvalue weighted by Crippen LogP contribution is -2.45. The molecule has 1 amide bonds. The quantitative estimate of drug-likeness (QED) is 0.784. The summed E-state index contributed by atoms with van der Waals surface area (Å²) in [5.41, 5.74) is 1.24. The number of rotatable bonds is 6. The van der Waals surface area contributed by atoms with E-state index in [1.54, 1.807) is 24.2 Å². The normalized spacial score (nSPS) is 21.9. The van der Waals surface area contributed by atoms with Gasteiger partial charge in [-0.05, 0) is 44.7 Å². The largest absolute Gasteiger partial charge is 0.376 e. The van der Waals surface area contributed by atoms with Gasteiger partial charge in [0.15, 0.2) is 5.82 Å². The van der Waals surface area contributed by atoms with Crippen molar-refractivity contribution in [1.82, 2.24) is 15.3 Å². The fourth-order valence-electron chi connectivity index (χ4n) is 3.87. The molecular formula is C22H28N4O2S. The third-order valence-corrected chi connectivity index (χ3v) is 6.49. The first kappa shape index (κ1) is 20.2. The molecule has 2 atom stereocenters. The Morgan fingerprint density at radius 1 is 1.21 bits per heavy atom. The van der Waals surface area contributed by atoms with E-state index < -0.39 is 0 Å². The first-order valence-electron chi connectivity index (χ1n) is 10.4. The van der Waals surface area contributed by atoms with Crippen LogP contribution in [0, 0.1) is 12.8 Å². The molecule has 0 spiro atoms. The molecule has 29 heavy (non-hydrogen) atoms. The molecule has 0 bridgehead atoms. The SMILES string of the molecule is Cc1ccc(Sc2nccnc2N2CCC[C@H](C(=O)NC[C@H]3CCCO3)C2)cc1. The van der Waals surface area contributed by atoms with Gasteiger partial charge in [-0.2, -0.15) is 0 Å². The zero-order chi connectivity index (χ0) is 20.1. The van der Waals surface area contributed by atoms with Crippen LogP contribution in [0.2, 0.25) is 0 Å². The predicted octanol–water partition coefficient (Wildman–Crippen LogP) is 3.45. The molecule has 1 aromatic heterocycles. The van der Waals surface area contributed by atoms with Crippen LogP contribution in [0.4, 0.5) is 5.82 Å². The van der Waals surface area contributed by atoms with E-state index in [1.807, 2.05) is 0 Å². The molecule has 6 nitrogen and oxygen atoms in total. The van der Waals surface area contributed by atoms with Crippen molar-refractivity contribution in [2.24, 2.45) is 5.92 Å². The lowest BCUT2D eigenvalue weighted by Gasteiger charge is -2.33. The number of aromatic nitrogens is 2. The average molecular weight is 413 g/mol. The van der Waals surface area contributed by atoms with Crippen molar-refractivity contribution in [1.29, 1.82) is 0 Å². The highest BCUT2D eigenvalue weighted by molar-refractivity contribution is 7.99. The summed E-state index contributed by atoms with van der Waals surface area (Å²) in [7, 11) is 0. The number of ether oxygens (including phenoxy) is 1.